The fourth-order valence-corrected chi connectivity index (χ4v) is 3.77. The zero-order valence-corrected chi connectivity index (χ0v) is 22.6. The monoisotopic (exact) mass is 505 g/mol. The topological polar surface area (TPSA) is 126 Å². The molecule has 0 aliphatic rings. The number of hydrogen-bond donors (Lipinski definition) is 3. The normalized spacial score (nSPS) is 12.4. The van der Waals surface area contributed by atoms with E-state index in [-0.39, 0.29) is 37.1 Å². The van der Waals surface area contributed by atoms with Crippen LogP contribution in [0.5, 0.6) is 0 Å². The molecule has 2 amide bonds. The molecule has 0 heterocycles. The van der Waals surface area contributed by atoms with Gasteiger partial charge in [-0.3, -0.25) is 14.4 Å². The molecule has 0 aromatic heterocycles. The predicted octanol–water partition coefficient (Wildman–Crippen LogP) is 1.18. The second kappa shape index (κ2) is 24.8. The van der Waals surface area contributed by atoms with Crippen LogP contribution >= 0.6 is 0 Å². The molecule has 0 aliphatic carbocycles. The minimum Gasteiger partial charge on any atom is -1.00 e. The van der Waals surface area contributed by atoms with E-state index in [0.717, 1.165) is 12.8 Å². The van der Waals surface area contributed by atoms with Crippen molar-refractivity contribution < 1.29 is 37.3 Å². The van der Waals surface area contributed by atoms with Gasteiger partial charge in [-0.1, -0.05) is 103 Å². The lowest BCUT2D eigenvalue weighted by molar-refractivity contribution is -0.398. The molecule has 0 unspecified atom stereocenters. The standard InChI is InChI=1S/C26H51N3O4.ClH/c1-3-4-5-6-7-8-9-10-11-12-13-14-15-16-17-18-21-33-24(30)20-19-23(25(28)31)29-26(32)22(2)27;/h22-23H,3-21,27H2,1-2H3,(H2,28,31)(H,29,32);1H/t22-,23+;/m0./s1. The highest BCUT2D eigenvalue weighted by molar-refractivity contribution is 5.88. The van der Waals surface area contributed by atoms with E-state index in [9.17, 15) is 14.4 Å². The first-order valence-corrected chi connectivity index (χ1v) is 13.5. The van der Waals surface area contributed by atoms with Gasteiger partial charge in [0.25, 0.3) is 5.91 Å². The lowest BCUT2D eigenvalue weighted by Gasteiger charge is -2.15. The van der Waals surface area contributed by atoms with E-state index >= 15 is 0 Å². The van der Waals surface area contributed by atoms with Crippen LogP contribution in [-0.2, 0) is 19.1 Å². The number of nitrogens with two attached hydrogens (primary N) is 1. The van der Waals surface area contributed by atoms with Gasteiger partial charge in [0.15, 0.2) is 6.04 Å². The molecule has 7 nitrogen and oxygen atoms in total. The van der Waals surface area contributed by atoms with E-state index < -0.39 is 18.0 Å². The Morgan fingerprint density at radius 1 is 0.794 bits per heavy atom. The van der Waals surface area contributed by atoms with Crippen LogP contribution in [0.3, 0.4) is 0 Å². The third kappa shape index (κ3) is 22.5. The molecule has 0 aromatic rings. The van der Waals surface area contributed by atoms with Gasteiger partial charge in [0.05, 0.1) is 6.61 Å². The van der Waals surface area contributed by atoms with Crippen molar-refractivity contribution in [2.45, 2.75) is 142 Å². The molecule has 0 bridgehead atoms. The van der Waals surface area contributed by atoms with Crippen LogP contribution in [0.15, 0.2) is 0 Å². The first-order chi connectivity index (χ1) is 15.9. The van der Waals surface area contributed by atoms with Crippen LogP contribution in [0, 0.1) is 0 Å². The Labute approximate surface area is 214 Å². The molecule has 202 valence electrons. The summed E-state index contributed by atoms with van der Waals surface area (Å²) < 4.78 is 5.23. The van der Waals surface area contributed by atoms with Crippen LogP contribution in [-0.4, -0.2) is 36.5 Å². The highest BCUT2D eigenvalue weighted by Crippen LogP contribution is 2.13. The summed E-state index contributed by atoms with van der Waals surface area (Å²) in [6, 6.07) is -1.36. The number of esters is 1. The maximum Gasteiger partial charge on any atom is 0.305 e. The zero-order chi connectivity index (χ0) is 24.7. The highest BCUT2D eigenvalue weighted by Gasteiger charge is 2.22. The first-order valence-electron chi connectivity index (χ1n) is 13.5. The van der Waals surface area contributed by atoms with Crippen LogP contribution in [0.4, 0.5) is 0 Å². The second-order valence-electron chi connectivity index (χ2n) is 9.43. The number of amides is 2. The molecule has 0 saturated carbocycles. The lowest BCUT2D eigenvalue weighted by Crippen LogP contribution is -3.00. The summed E-state index contributed by atoms with van der Waals surface area (Å²) in [4.78, 5) is 34.9. The third-order valence-corrected chi connectivity index (χ3v) is 6.01. The summed E-state index contributed by atoms with van der Waals surface area (Å²) >= 11 is 0. The van der Waals surface area contributed by atoms with Gasteiger partial charge in [-0.2, -0.15) is 0 Å². The number of carbonyl (C=O) groups is 3. The fraction of sp³-hybridized carbons (Fsp3) is 0.885. The summed E-state index contributed by atoms with van der Waals surface area (Å²) in [5.41, 5.74) is 8.89. The van der Waals surface area contributed by atoms with Gasteiger partial charge in [0, 0.05) is 6.42 Å². The van der Waals surface area contributed by atoms with Gasteiger partial charge in [0.2, 0.25) is 5.91 Å². The van der Waals surface area contributed by atoms with Gasteiger partial charge in [-0.05, 0) is 19.8 Å². The molecule has 0 rings (SSSR count). The number of quaternary nitrogens is 1. The van der Waals surface area contributed by atoms with Crippen molar-refractivity contribution in [1.82, 2.24) is 5.32 Å². The molecular formula is C26H52ClN3O4. The Morgan fingerprint density at radius 2 is 1.21 bits per heavy atom. The molecule has 8 heteroatoms. The summed E-state index contributed by atoms with van der Waals surface area (Å²) in [7, 11) is 0. The second-order valence-corrected chi connectivity index (χ2v) is 9.43. The van der Waals surface area contributed by atoms with Gasteiger partial charge < -0.3 is 33.9 Å². The minimum atomic E-state index is -0.871. The SMILES string of the molecule is CCCCCCCCCCCCCCCCCCOC(=O)CC[C@@H](NC(=O)[C@H](C)[NH3+])C(N)=O.[Cl-]. The summed E-state index contributed by atoms with van der Waals surface area (Å²) in [5.74, 6) is -1.38. The predicted molar refractivity (Wildman–Crippen MR) is 133 cm³/mol. The van der Waals surface area contributed by atoms with Crippen molar-refractivity contribution in [3.8, 4) is 0 Å². The van der Waals surface area contributed by atoms with Gasteiger partial charge in [-0.25, -0.2) is 0 Å². The molecule has 0 aromatic carbocycles. The third-order valence-electron chi connectivity index (χ3n) is 6.01. The number of rotatable bonds is 23. The van der Waals surface area contributed by atoms with Crippen LogP contribution in [0.25, 0.3) is 0 Å². The zero-order valence-electron chi connectivity index (χ0n) is 21.9. The van der Waals surface area contributed by atoms with Crippen molar-refractivity contribution in [3.63, 3.8) is 0 Å². The van der Waals surface area contributed by atoms with E-state index in [2.05, 4.69) is 18.0 Å². The van der Waals surface area contributed by atoms with E-state index in [1.54, 1.807) is 6.92 Å². The van der Waals surface area contributed by atoms with E-state index in [0.29, 0.717) is 6.61 Å². The van der Waals surface area contributed by atoms with Crippen molar-refractivity contribution in [2.75, 3.05) is 6.61 Å². The van der Waals surface area contributed by atoms with E-state index in [1.807, 2.05) is 0 Å². The van der Waals surface area contributed by atoms with Crippen LogP contribution in [0.1, 0.15) is 129 Å². The van der Waals surface area contributed by atoms with E-state index in [4.69, 9.17) is 10.5 Å². The summed E-state index contributed by atoms with van der Waals surface area (Å²) in [6.45, 7) is 4.29. The summed E-state index contributed by atoms with van der Waals surface area (Å²) in [5, 5.41) is 2.51. The lowest BCUT2D eigenvalue weighted by atomic mass is 10.0. The first kappa shape index (κ1) is 34.8. The Morgan fingerprint density at radius 3 is 1.59 bits per heavy atom. The fourth-order valence-electron chi connectivity index (χ4n) is 3.77. The maximum absolute atomic E-state index is 11.9. The Bertz CT molecular complexity index is 518. The molecule has 0 fully saturated rings. The largest absolute Gasteiger partial charge is 1.00 e. The van der Waals surface area contributed by atoms with Gasteiger partial charge >= 0.3 is 5.97 Å². The molecule has 0 spiro atoms. The number of nitrogens with one attached hydrogen (secondary N) is 1. The smallest absolute Gasteiger partial charge is 0.305 e. The van der Waals surface area contributed by atoms with Crippen molar-refractivity contribution in [2.24, 2.45) is 5.73 Å². The van der Waals surface area contributed by atoms with Crippen LogP contribution in [0.2, 0.25) is 0 Å². The molecule has 6 N–H and O–H groups in total. The number of halogens is 1. The average Bonchev–Trinajstić information content (AvgIpc) is 2.78. The highest BCUT2D eigenvalue weighted by atomic mass is 35.5. The number of ether oxygens (including phenoxy) is 1. The average molecular weight is 506 g/mol. The number of primary amides is 1. The van der Waals surface area contributed by atoms with Crippen molar-refractivity contribution in [3.05, 3.63) is 0 Å². The minimum absolute atomic E-state index is 0. The molecular weight excluding hydrogens is 454 g/mol. The summed E-state index contributed by atoms with van der Waals surface area (Å²) in [6.07, 6.45) is 21.1. The van der Waals surface area contributed by atoms with Crippen molar-refractivity contribution in [1.29, 1.82) is 0 Å². The van der Waals surface area contributed by atoms with E-state index in [1.165, 1.54) is 89.9 Å². The van der Waals surface area contributed by atoms with Gasteiger partial charge in [-0.15, -0.1) is 0 Å². The molecule has 34 heavy (non-hydrogen) atoms. The number of carbonyl (C=O) groups excluding carboxylic acids is 3. The van der Waals surface area contributed by atoms with Gasteiger partial charge in [0.1, 0.15) is 6.04 Å². The quantitative estimate of drug-likeness (QED) is 0.142. The molecule has 2 atom stereocenters. The Hall–Kier alpha value is -1.34. The molecule has 0 saturated heterocycles. The number of hydrogen-bond acceptors (Lipinski definition) is 4. The number of unbranched alkanes of at least 4 members (excludes halogenated alkanes) is 15. The molecule has 0 aliphatic heterocycles. The van der Waals surface area contributed by atoms with Crippen molar-refractivity contribution >= 4 is 17.8 Å². The molecule has 0 radical (unpaired) electrons. The maximum atomic E-state index is 11.9. The van der Waals surface area contributed by atoms with Crippen LogP contribution < -0.4 is 29.2 Å². The Balaban J connectivity index is 0. The Kier molecular flexibility index (Phi) is 25.4.